The standard InChI is InChI=1S/C27H26N6O/c1-19(21-10-8-20(14-28)9-11-21)15-30-26(22-6-4-3-5-7-22)27(34)32-25-13-12-23(16-29-25)24-17-31-33(2)18-24/h3-13,16-19,26,30H,15H2,1-2H3,(H,29,32,34)/t19-,26?/m0/s1. The van der Waals surface area contributed by atoms with Crippen LogP contribution in [0.1, 0.15) is 35.6 Å². The molecule has 2 N–H and O–H groups in total. The number of benzene rings is 2. The van der Waals surface area contributed by atoms with E-state index in [4.69, 9.17) is 5.26 Å². The minimum Gasteiger partial charge on any atom is -0.309 e. The summed E-state index contributed by atoms with van der Waals surface area (Å²) in [5.41, 5.74) is 4.51. The quantitative estimate of drug-likeness (QED) is 0.414. The summed E-state index contributed by atoms with van der Waals surface area (Å²) in [6.07, 6.45) is 5.42. The van der Waals surface area contributed by atoms with Gasteiger partial charge in [-0.1, -0.05) is 49.4 Å². The van der Waals surface area contributed by atoms with Crippen LogP contribution < -0.4 is 10.6 Å². The van der Waals surface area contributed by atoms with Gasteiger partial charge in [0.25, 0.3) is 0 Å². The Bertz CT molecular complexity index is 1270. The first kappa shape index (κ1) is 22.9. The number of nitrogens with zero attached hydrogens (tertiary/aromatic N) is 4. The molecule has 4 aromatic rings. The smallest absolute Gasteiger partial charge is 0.247 e. The van der Waals surface area contributed by atoms with Crippen LogP contribution in [0.3, 0.4) is 0 Å². The van der Waals surface area contributed by atoms with Crippen molar-refractivity contribution in [3.05, 3.63) is 102 Å². The van der Waals surface area contributed by atoms with E-state index < -0.39 is 6.04 Å². The van der Waals surface area contributed by atoms with Crippen LogP contribution >= 0.6 is 0 Å². The van der Waals surface area contributed by atoms with Crippen LogP contribution in [0.25, 0.3) is 11.1 Å². The van der Waals surface area contributed by atoms with Crippen LogP contribution in [0.15, 0.2) is 85.3 Å². The van der Waals surface area contributed by atoms with E-state index in [9.17, 15) is 4.79 Å². The molecule has 7 heteroatoms. The number of carbonyl (C=O) groups is 1. The number of rotatable bonds is 8. The van der Waals surface area contributed by atoms with Crippen LogP contribution in [0.2, 0.25) is 0 Å². The number of hydrogen-bond donors (Lipinski definition) is 2. The molecule has 170 valence electrons. The Labute approximate surface area is 199 Å². The number of anilines is 1. The van der Waals surface area contributed by atoms with Crippen molar-refractivity contribution in [2.45, 2.75) is 18.9 Å². The molecule has 0 aliphatic rings. The number of aromatic nitrogens is 3. The van der Waals surface area contributed by atoms with Crippen molar-refractivity contribution in [1.82, 2.24) is 20.1 Å². The Morgan fingerprint density at radius 1 is 1.00 bits per heavy atom. The Morgan fingerprint density at radius 3 is 2.38 bits per heavy atom. The summed E-state index contributed by atoms with van der Waals surface area (Å²) in [7, 11) is 1.87. The van der Waals surface area contributed by atoms with Gasteiger partial charge in [0.05, 0.1) is 17.8 Å². The molecule has 1 amide bonds. The number of hydrogen-bond acceptors (Lipinski definition) is 5. The van der Waals surface area contributed by atoms with Gasteiger partial charge < -0.3 is 10.6 Å². The molecule has 0 aliphatic heterocycles. The van der Waals surface area contributed by atoms with Gasteiger partial charge >= 0.3 is 0 Å². The molecular weight excluding hydrogens is 424 g/mol. The lowest BCUT2D eigenvalue weighted by atomic mass is 9.98. The summed E-state index contributed by atoms with van der Waals surface area (Å²) in [5, 5.41) is 19.5. The third kappa shape index (κ3) is 5.55. The molecule has 0 spiro atoms. The molecule has 0 aliphatic carbocycles. The Kier molecular flexibility index (Phi) is 7.11. The maximum absolute atomic E-state index is 13.2. The van der Waals surface area contributed by atoms with E-state index in [1.807, 2.05) is 73.9 Å². The number of pyridine rings is 1. The SMILES string of the molecule is C[C@@H](CNC(C(=O)Nc1ccc(-c2cnn(C)c2)cn1)c1ccccc1)c1ccc(C#N)cc1. The molecule has 0 fully saturated rings. The fourth-order valence-corrected chi connectivity index (χ4v) is 3.71. The van der Waals surface area contributed by atoms with Gasteiger partial charge in [0.15, 0.2) is 0 Å². The molecule has 7 nitrogen and oxygen atoms in total. The van der Waals surface area contributed by atoms with Gasteiger partial charge in [-0.3, -0.25) is 9.48 Å². The molecule has 34 heavy (non-hydrogen) atoms. The fraction of sp³-hybridized carbons (Fsp3) is 0.185. The number of aryl methyl sites for hydroxylation is 1. The van der Waals surface area contributed by atoms with Gasteiger partial charge in [-0.05, 0) is 41.3 Å². The fourth-order valence-electron chi connectivity index (χ4n) is 3.71. The Balaban J connectivity index is 1.46. The van der Waals surface area contributed by atoms with E-state index in [1.54, 1.807) is 23.1 Å². The second-order valence-corrected chi connectivity index (χ2v) is 8.21. The van der Waals surface area contributed by atoms with Gasteiger partial charge in [-0.2, -0.15) is 10.4 Å². The maximum Gasteiger partial charge on any atom is 0.247 e. The van der Waals surface area contributed by atoms with Crippen molar-refractivity contribution in [2.75, 3.05) is 11.9 Å². The zero-order chi connectivity index (χ0) is 23.9. The van der Waals surface area contributed by atoms with Crippen molar-refractivity contribution in [2.24, 2.45) is 7.05 Å². The van der Waals surface area contributed by atoms with Crippen LogP contribution in [-0.4, -0.2) is 27.2 Å². The second kappa shape index (κ2) is 10.6. The molecule has 0 radical (unpaired) electrons. The van der Waals surface area contributed by atoms with E-state index in [1.165, 1.54) is 0 Å². The first-order valence-electron chi connectivity index (χ1n) is 11.1. The summed E-state index contributed by atoms with van der Waals surface area (Å²) >= 11 is 0. The summed E-state index contributed by atoms with van der Waals surface area (Å²) < 4.78 is 1.74. The molecule has 0 saturated carbocycles. The third-order valence-electron chi connectivity index (χ3n) is 5.69. The number of amides is 1. The van der Waals surface area contributed by atoms with Gasteiger partial charge in [-0.25, -0.2) is 4.98 Å². The normalized spacial score (nSPS) is 12.5. The minimum atomic E-state index is -0.540. The van der Waals surface area contributed by atoms with Gasteiger partial charge in [0.2, 0.25) is 5.91 Å². The Morgan fingerprint density at radius 2 is 1.76 bits per heavy atom. The molecule has 1 unspecified atom stereocenters. The van der Waals surface area contributed by atoms with Crippen molar-refractivity contribution in [3.63, 3.8) is 0 Å². The highest BCUT2D eigenvalue weighted by Crippen LogP contribution is 2.21. The van der Waals surface area contributed by atoms with E-state index in [2.05, 4.69) is 33.7 Å². The van der Waals surface area contributed by atoms with Crippen molar-refractivity contribution in [1.29, 1.82) is 5.26 Å². The predicted octanol–water partition coefficient (Wildman–Crippen LogP) is 4.43. The van der Waals surface area contributed by atoms with Gasteiger partial charge in [0, 0.05) is 37.1 Å². The maximum atomic E-state index is 13.2. The molecule has 2 aromatic heterocycles. The monoisotopic (exact) mass is 450 g/mol. The lowest BCUT2D eigenvalue weighted by Gasteiger charge is -2.21. The molecule has 2 atom stereocenters. The highest BCUT2D eigenvalue weighted by molar-refractivity contribution is 5.95. The highest BCUT2D eigenvalue weighted by atomic mass is 16.2. The first-order valence-corrected chi connectivity index (χ1v) is 11.1. The second-order valence-electron chi connectivity index (χ2n) is 8.21. The van der Waals surface area contributed by atoms with Crippen LogP contribution in [0, 0.1) is 11.3 Å². The largest absolute Gasteiger partial charge is 0.309 e. The molecule has 2 heterocycles. The minimum absolute atomic E-state index is 0.156. The third-order valence-corrected chi connectivity index (χ3v) is 5.69. The molecular formula is C27H26N6O. The van der Waals surface area contributed by atoms with E-state index in [0.29, 0.717) is 17.9 Å². The summed E-state index contributed by atoms with van der Waals surface area (Å²) in [4.78, 5) is 17.7. The zero-order valence-corrected chi connectivity index (χ0v) is 19.1. The number of nitriles is 1. The number of carbonyl (C=O) groups excluding carboxylic acids is 1. The first-order chi connectivity index (χ1) is 16.5. The van der Waals surface area contributed by atoms with Crippen molar-refractivity contribution in [3.8, 4) is 17.2 Å². The average molecular weight is 451 g/mol. The number of nitrogens with one attached hydrogen (secondary N) is 2. The van der Waals surface area contributed by atoms with E-state index in [-0.39, 0.29) is 11.8 Å². The summed E-state index contributed by atoms with van der Waals surface area (Å²) in [5.74, 6) is 0.462. The molecule has 0 saturated heterocycles. The van der Waals surface area contributed by atoms with Crippen LogP contribution in [-0.2, 0) is 11.8 Å². The topological polar surface area (TPSA) is 95.6 Å². The summed E-state index contributed by atoms with van der Waals surface area (Å²) in [6.45, 7) is 2.68. The lowest BCUT2D eigenvalue weighted by molar-refractivity contribution is -0.118. The lowest BCUT2D eigenvalue weighted by Crippen LogP contribution is -2.35. The highest BCUT2D eigenvalue weighted by Gasteiger charge is 2.21. The Hall–Kier alpha value is -4.28. The molecule has 2 aromatic carbocycles. The van der Waals surface area contributed by atoms with E-state index >= 15 is 0 Å². The average Bonchev–Trinajstić information content (AvgIpc) is 3.31. The van der Waals surface area contributed by atoms with Gasteiger partial charge in [0.1, 0.15) is 11.9 Å². The zero-order valence-electron chi connectivity index (χ0n) is 19.1. The van der Waals surface area contributed by atoms with Crippen molar-refractivity contribution < 1.29 is 4.79 Å². The van der Waals surface area contributed by atoms with Gasteiger partial charge in [-0.15, -0.1) is 0 Å². The van der Waals surface area contributed by atoms with Crippen molar-refractivity contribution >= 4 is 11.7 Å². The van der Waals surface area contributed by atoms with Crippen LogP contribution in [0.4, 0.5) is 5.82 Å². The summed E-state index contributed by atoms with van der Waals surface area (Å²) in [6, 6.07) is 22.5. The van der Waals surface area contributed by atoms with E-state index in [0.717, 1.165) is 22.3 Å². The predicted molar refractivity (Wildman–Crippen MR) is 132 cm³/mol. The molecule has 4 rings (SSSR count). The molecule has 0 bridgehead atoms. The van der Waals surface area contributed by atoms with Crippen LogP contribution in [0.5, 0.6) is 0 Å².